The number of benzene rings is 1. The number of rotatable bonds is 3. The molecule has 1 aromatic carbocycles. The van der Waals surface area contributed by atoms with E-state index in [1.165, 1.54) is 0 Å². The average molecular weight is 255 g/mol. The molecule has 2 rings (SSSR count). The minimum atomic E-state index is 0.695. The summed E-state index contributed by atoms with van der Waals surface area (Å²) in [6, 6.07) is 8.09. The van der Waals surface area contributed by atoms with E-state index in [9.17, 15) is 0 Å². The third-order valence-corrected chi connectivity index (χ3v) is 2.58. The van der Waals surface area contributed by atoms with Gasteiger partial charge in [-0.25, -0.2) is 0 Å². The fourth-order valence-corrected chi connectivity index (χ4v) is 1.73. The van der Waals surface area contributed by atoms with Gasteiger partial charge in [0.2, 0.25) is 0 Å². The first-order chi connectivity index (χ1) is 6.79. The van der Waals surface area contributed by atoms with Crippen LogP contribution in [0.3, 0.4) is 0 Å². The Labute approximate surface area is 91.0 Å². The maximum absolute atomic E-state index is 5.64. The molecular formula is C11H11BrO2. The standard InChI is InChI=1S/C11H11BrO2/c1-13-5-4-10-6-8-2-3-9(12)7-11(8)14-10/h2-3,6-7H,4-5H2,1H3. The topological polar surface area (TPSA) is 22.4 Å². The highest BCUT2D eigenvalue weighted by Crippen LogP contribution is 2.23. The van der Waals surface area contributed by atoms with E-state index in [1.807, 2.05) is 18.2 Å². The van der Waals surface area contributed by atoms with Crippen molar-refractivity contribution in [3.8, 4) is 0 Å². The Hall–Kier alpha value is -0.800. The van der Waals surface area contributed by atoms with Gasteiger partial charge < -0.3 is 9.15 Å². The van der Waals surface area contributed by atoms with E-state index in [0.29, 0.717) is 6.61 Å². The fraction of sp³-hybridized carbons (Fsp3) is 0.273. The van der Waals surface area contributed by atoms with Crippen molar-refractivity contribution in [3.05, 3.63) is 34.5 Å². The second-order valence-electron chi connectivity index (χ2n) is 3.14. The van der Waals surface area contributed by atoms with Gasteiger partial charge in [-0.05, 0) is 24.3 Å². The first-order valence-corrected chi connectivity index (χ1v) is 5.26. The lowest BCUT2D eigenvalue weighted by atomic mass is 10.2. The van der Waals surface area contributed by atoms with Gasteiger partial charge in [-0.3, -0.25) is 0 Å². The van der Waals surface area contributed by atoms with Crippen LogP contribution in [0.4, 0.5) is 0 Å². The molecule has 0 radical (unpaired) electrons. The number of hydrogen-bond donors (Lipinski definition) is 0. The smallest absolute Gasteiger partial charge is 0.135 e. The summed E-state index contributed by atoms with van der Waals surface area (Å²) in [6.45, 7) is 0.695. The van der Waals surface area contributed by atoms with Crippen LogP contribution in [0.2, 0.25) is 0 Å². The summed E-state index contributed by atoms with van der Waals surface area (Å²) >= 11 is 3.41. The van der Waals surface area contributed by atoms with Crippen molar-refractivity contribution >= 4 is 26.9 Å². The van der Waals surface area contributed by atoms with Gasteiger partial charge in [0.25, 0.3) is 0 Å². The van der Waals surface area contributed by atoms with E-state index in [1.54, 1.807) is 7.11 Å². The van der Waals surface area contributed by atoms with Crippen molar-refractivity contribution in [2.24, 2.45) is 0 Å². The zero-order valence-corrected chi connectivity index (χ0v) is 9.50. The van der Waals surface area contributed by atoms with E-state index in [4.69, 9.17) is 9.15 Å². The van der Waals surface area contributed by atoms with E-state index in [-0.39, 0.29) is 0 Å². The van der Waals surface area contributed by atoms with Crippen molar-refractivity contribution < 1.29 is 9.15 Å². The molecule has 0 bridgehead atoms. The second-order valence-corrected chi connectivity index (χ2v) is 4.05. The lowest BCUT2D eigenvalue weighted by Gasteiger charge is -1.93. The maximum atomic E-state index is 5.64. The summed E-state index contributed by atoms with van der Waals surface area (Å²) in [7, 11) is 1.69. The highest BCUT2D eigenvalue weighted by atomic mass is 79.9. The molecule has 2 nitrogen and oxygen atoms in total. The Morgan fingerprint density at radius 1 is 1.36 bits per heavy atom. The van der Waals surface area contributed by atoms with E-state index < -0.39 is 0 Å². The van der Waals surface area contributed by atoms with E-state index >= 15 is 0 Å². The molecular weight excluding hydrogens is 244 g/mol. The third-order valence-electron chi connectivity index (χ3n) is 2.09. The molecule has 0 aliphatic carbocycles. The molecule has 0 saturated carbocycles. The largest absolute Gasteiger partial charge is 0.461 e. The highest BCUT2D eigenvalue weighted by molar-refractivity contribution is 9.10. The average Bonchev–Trinajstić information content (AvgIpc) is 2.56. The van der Waals surface area contributed by atoms with E-state index in [0.717, 1.165) is 27.6 Å². The number of halogens is 1. The summed E-state index contributed by atoms with van der Waals surface area (Å²) in [5, 5.41) is 1.14. The van der Waals surface area contributed by atoms with Gasteiger partial charge in [0.15, 0.2) is 0 Å². The molecule has 0 aliphatic rings. The summed E-state index contributed by atoms with van der Waals surface area (Å²) in [4.78, 5) is 0. The predicted octanol–water partition coefficient (Wildman–Crippen LogP) is 3.38. The van der Waals surface area contributed by atoms with Crippen LogP contribution >= 0.6 is 15.9 Å². The van der Waals surface area contributed by atoms with Gasteiger partial charge in [-0.1, -0.05) is 15.9 Å². The number of furan rings is 1. The Morgan fingerprint density at radius 3 is 3.00 bits per heavy atom. The van der Waals surface area contributed by atoms with Gasteiger partial charge in [0, 0.05) is 23.4 Å². The summed E-state index contributed by atoms with van der Waals surface area (Å²) in [5.41, 5.74) is 0.922. The monoisotopic (exact) mass is 254 g/mol. The Kier molecular flexibility index (Phi) is 2.89. The highest BCUT2D eigenvalue weighted by Gasteiger charge is 2.03. The molecule has 0 saturated heterocycles. The predicted molar refractivity (Wildman–Crippen MR) is 59.5 cm³/mol. The van der Waals surface area contributed by atoms with Gasteiger partial charge >= 0.3 is 0 Å². The summed E-state index contributed by atoms with van der Waals surface area (Å²) in [5.74, 6) is 0.972. The summed E-state index contributed by atoms with van der Waals surface area (Å²) in [6.07, 6.45) is 0.822. The fourth-order valence-electron chi connectivity index (χ4n) is 1.39. The molecule has 2 aromatic rings. The van der Waals surface area contributed by atoms with Crippen LogP contribution < -0.4 is 0 Å². The van der Waals surface area contributed by atoms with Crippen LogP contribution in [0.1, 0.15) is 5.76 Å². The van der Waals surface area contributed by atoms with E-state index in [2.05, 4.69) is 22.0 Å². The second kappa shape index (κ2) is 4.15. The van der Waals surface area contributed by atoms with Crippen LogP contribution in [0.5, 0.6) is 0 Å². The SMILES string of the molecule is COCCc1cc2ccc(Br)cc2o1. The Balaban J connectivity index is 2.32. The first kappa shape index (κ1) is 9.74. The minimum Gasteiger partial charge on any atom is -0.461 e. The lowest BCUT2D eigenvalue weighted by Crippen LogP contribution is -1.91. The van der Waals surface area contributed by atoms with Crippen molar-refractivity contribution in [1.29, 1.82) is 0 Å². The molecule has 0 unspecified atom stereocenters. The Bertz CT molecular complexity index is 434. The van der Waals surface area contributed by atoms with Crippen molar-refractivity contribution in [3.63, 3.8) is 0 Å². The maximum Gasteiger partial charge on any atom is 0.135 e. The molecule has 14 heavy (non-hydrogen) atoms. The first-order valence-electron chi connectivity index (χ1n) is 4.46. The zero-order valence-electron chi connectivity index (χ0n) is 7.92. The molecule has 0 amide bonds. The van der Waals surface area contributed by atoms with Crippen molar-refractivity contribution in [1.82, 2.24) is 0 Å². The Morgan fingerprint density at radius 2 is 2.21 bits per heavy atom. The molecule has 1 heterocycles. The van der Waals surface area contributed by atoms with Gasteiger partial charge in [0.05, 0.1) is 6.61 Å². The van der Waals surface area contributed by atoms with Crippen molar-refractivity contribution in [2.45, 2.75) is 6.42 Å². The quantitative estimate of drug-likeness (QED) is 0.838. The van der Waals surface area contributed by atoms with Crippen LogP contribution in [-0.2, 0) is 11.2 Å². The lowest BCUT2D eigenvalue weighted by molar-refractivity contribution is 0.197. The van der Waals surface area contributed by atoms with Crippen LogP contribution in [-0.4, -0.2) is 13.7 Å². The molecule has 74 valence electrons. The summed E-state index contributed by atoms with van der Waals surface area (Å²) < 4.78 is 11.7. The molecule has 1 aromatic heterocycles. The number of ether oxygens (including phenoxy) is 1. The van der Waals surface area contributed by atoms with Crippen LogP contribution in [0, 0.1) is 0 Å². The molecule has 3 heteroatoms. The third kappa shape index (κ3) is 1.99. The number of methoxy groups -OCH3 is 1. The normalized spacial score (nSPS) is 11.0. The number of fused-ring (bicyclic) bond motifs is 1. The molecule has 0 aliphatic heterocycles. The minimum absolute atomic E-state index is 0.695. The zero-order chi connectivity index (χ0) is 9.97. The molecule has 0 fully saturated rings. The van der Waals surface area contributed by atoms with Crippen LogP contribution in [0.25, 0.3) is 11.0 Å². The van der Waals surface area contributed by atoms with Gasteiger partial charge in [-0.15, -0.1) is 0 Å². The van der Waals surface area contributed by atoms with Crippen molar-refractivity contribution in [2.75, 3.05) is 13.7 Å². The molecule has 0 spiro atoms. The van der Waals surface area contributed by atoms with Gasteiger partial charge in [0.1, 0.15) is 11.3 Å². The molecule has 0 N–H and O–H groups in total. The van der Waals surface area contributed by atoms with Gasteiger partial charge in [-0.2, -0.15) is 0 Å². The van der Waals surface area contributed by atoms with Crippen LogP contribution in [0.15, 0.2) is 33.2 Å². The number of hydrogen-bond acceptors (Lipinski definition) is 2. The molecule has 0 atom stereocenters.